The Kier molecular flexibility index (Phi) is 5.67. The number of rotatable bonds is 5. The summed E-state index contributed by atoms with van der Waals surface area (Å²) >= 11 is 1.34. The van der Waals surface area contributed by atoms with E-state index in [4.69, 9.17) is 10.1 Å². The Balaban J connectivity index is 1.46. The van der Waals surface area contributed by atoms with Gasteiger partial charge in [-0.3, -0.25) is 10.2 Å². The standard InChI is InChI=1S/C26H23N5O2S/c1-16-12-19(17(2)30(16)20-10-7-11-21(15-20)33-3)14-22-24(27)31-26(28-25(22)32)34-23(29-31)13-18-8-5-4-6-9-18/h4-12,14-15,27H,13H2,1-3H3/b22-14-,27-24?. The Morgan fingerprint density at radius 1 is 1.09 bits per heavy atom. The fourth-order valence-electron chi connectivity index (χ4n) is 4.11. The maximum absolute atomic E-state index is 12.9. The van der Waals surface area contributed by atoms with Crippen molar-refractivity contribution < 1.29 is 9.53 Å². The van der Waals surface area contributed by atoms with Crippen molar-refractivity contribution in [2.24, 2.45) is 10.1 Å². The average molecular weight is 470 g/mol. The van der Waals surface area contributed by atoms with Gasteiger partial charge in [0, 0.05) is 29.6 Å². The number of hydrogen-bond donors (Lipinski definition) is 1. The minimum atomic E-state index is -0.425. The molecule has 3 heterocycles. The zero-order valence-electron chi connectivity index (χ0n) is 19.1. The van der Waals surface area contributed by atoms with E-state index in [-0.39, 0.29) is 11.4 Å². The highest BCUT2D eigenvalue weighted by Gasteiger charge is 2.35. The van der Waals surface area contributed by atoms with Crippen molar-refractivity contribution in [1.82, 2.24) is 9.58 Å². The molecule has 2 aliphatic rings. The monoisotopic (exact) mass is 469 g/mol. The highest BCUT2D eigenvalue weighted by atomic mass is 32.2. The van der Waals surface area contributed by atoms with E-state index in [1.165, 1.54) is 16.8 Å². The Morgan fingerprint density at radius 3 is 2.65 bits per heavy atom. The molecule has 0 spiro atoms. The van der Waals surface area contributed by atoms with Crippen LogP contribution >= 0.6 is 11.8 Å². The van der Waals surface area contributed by atoms with Crippen molar-refractivity contribution in [2.75, 3.05) is 7.11 Å². The first-order valence-electron chi connectivity index (χ1n) is 10.8. The summed E-state index contributed by atoms with van der Waals surface area (Å²) in [5, 5.41) is 15.9. The number of benzene rings is 2. The van der Waals surface area contributed by atoms with Gasteiger partial charge in [0.1, 0.15) is 10.8 Å². The lowest BCUT2D eigenvalue weighted by molar-refractivity contribution is -0.114. The van der Waals surface area contributed by atoms with E-state index in [0.717, 1.165) is 39.0 Å². The maximum atomic E-state index is 12.9. The van der Waals surface area contributed by atoms with E-state index in [2.05, 4.69) is 14.7 Å². The van der Waals surface area contributed by atoms with Crippen molar-refractivity contribution in [1.29, 1.82) is 5.41 Å². The van der Waals surface area contributed by atoms with Gasteiger partial charge in [-0.2, -0.15) is 15.1 Å². The molecule has 0 saturated heterocycles. The molecule has 3 aromatic rings. The molecule has 0 bridgehead atoms. The van der Waals surface area contributed by atoms with Crippen LogP contribution in [-0.2, 0) is 11.2 Å². The Bertz CT molecular complexity index is 1400. The van der Waals surface area contributed by atoms with Crippen molar-refractivity contribution in [3.05, 3.63) is 88.8 Å². The summed E-state index contributed by atoms with van der Waals surface area (Å²) < 4.78 is 7.47. The quantitative estimate of drug-likeness (QED) is 0.535. The molecule has 2 aliphatic heterocycles. The lowest BCUT2D eigenvalue weighted by Crippen LogP contribution is -2.35. The first kappa shape index (κ1) is 21.9. The van der Waals surface area contributed by atoms with Crippen LogP contribution in [0.1, 0.15) is 22.5 Å². The van der Waals surface area contributed by atoms with Crippen LogP contribution in [0.5, 0.6) is 5.75 Å². The average Bonchev–Trinajstić information content (AvgIpc) is 3.36. The highest BCUT2D eigenvalue weighted by Crippen LogP contribution is 2.31. The molecule has 7 nitrogen and oxygen atoms in total. The molecule has 1 amide bonds. The number of carbonyl (C=O) groups is 1. The van der Waals surface area contributed by atoms with Gasteiger partial charge in [0.2, 0.25) is 5.17 Å². The number of aliphatic imine (C=N–C) groups is 1. The van der Waals surface area contributed by atoms with Crippen molar-refractivity contribution in [3.63, 3.8) is 0 Å². The number of nitrogens with one attached hydrogen (secondary N) is 1. The van der Waals surface area contributed by atoms with Gasteiger partial charge in [0.05, 0.1) is 12.7 Å². The van der Waals surface area contributed by atoms with Crippen LogP contribution in [0.25, 0.3) is 11.8 Å². The van der Waals surface area contributed by atoms with Gasteiger partial charge in [-0.05, 0) is 61.0 Å². The number of aromatic nitrogens is 1. The number of hydrogen-bond acceptors (Lipinski definition) is 5. The number of carbonyl (C=O) groups excluding carboxylic acids is 1. The number of ether oxygens (including phenoxy) is 1. The van der Waals surface area contributed by atoms with Crippen LogP contribution in [0.15, 0.2) is 76.3 Å². The molecular weight excluding hydrogens is 446 g/mol. The van der Waals surface area contributed by atoms with Gasteiger partial charge < -0.3 is 9.30 Å². The molecule has 1 N–H and O–H groups in total. The van der Waals surface area contributed by atoms with Crippen LogP contribution < -0.4 is 4.74 Å². The van der Waals surface area contributed by atoms with E-state index in [0.29, 0.717) is 11.6 Å². The van der Waals surface area contributed by atoms with Crippen LogP contribution in [0.2, 0.25) is 0 Å². The number of hydrazone groups is 1. The summed E-state index contributed by atoms with van der Waals surface area (Å²) in [5.74, 6) is 0.384. The Morgan fingerprint density at radius 2 is 1.88 bits per heavy atom. The SMILES string of the molecule is COc1cccc(-n2c(C)cc(/C=C3/C(=N)N4N=C(Cc5ccccc5)SC4=NC3=O)c2C)c1. The number of fused-ring (bicyclic) bond motifs is 1. The second-order valence-corrected chi connectivity index (χ2v) is 9.08. The van der Waals surface area contributed by atoms with Gasteiger partial charge in [-0.15, -0.1) is 0 Å². The third-order valence-electron chi connectivity index (χ3n) is 5.78. The van der Waals surface area contributed by atoms with Crippen molar-refractivity contribution in [2.45, 2.75) is 20.3 Å². The van der Waals surface area contributed by atoms with E-state index in [1.807, 2.05) is 74.5 Å². The summed E-state index contributed by atoms with van der Waals surface area (Å²) in [7, 11) is 1.64. The van der Waals surface area contributed by atoms with Crippen molar-refractivity contribution in [3.8, 4) is 11.4 Å². The molecule has 5 rings (SSSR count). The maximum Gasteiger partial charge on any atom is 0.283 e. The van der Waals surface area contributed by atoms with Gasteiger partial charge in [0.25, 0.3) is 5.91 Å². The van der Waals surface area contributed by atoms with Gasteiger partial charge >= 0.3 is 0 Å². The summed E-state index contributed by atoms with van der Waals surface area (Å²) in [5.41, 5.74) is 5.13. The minimum absolute atomic E-state index is 0.0387. The number of aryl methyl sites for hydroxylation is 1. The molecule has 0 radical (unpaired) electrons. The highest BCUT2D eigenvalue weighted by molar-refractivity contribution is 8.26. The largest absolute Gasteiger partial charge is 0.497 e. The number of thioether (sulfide) groups is 1. The molecule has 0 unspecified atom stereocenters. The zero-order chi connectivity index (χ0) is 23.8. The topological polar surface area (TPSA) is 83.0 Å². The smallest absolute Gasteiger partial charge is 0.283 e. The number of methoxy groups -OCH3 is 1. The van der Waals surface area contributed by atoms with Gasteiger partial charge in [-0.25, -0.2) is 0 Å². The molecule has 0 saturated carbocycles. The molecule has 1 aromatic heterocycles. The fraction of sp³-hybridized carbons (Fsp3) is 0.154. The lowest BCUT2D eigenvalue weighted by Gasteiger charge is -2.20. The normalized spacial score (nSPS) is 16.6. The molecule has 0 atom stereocenters. The van der Waals surface area contributed by atoms with Gasteiger partial charge in [-0.1, -0.05) is 36.4 Å². The Hall–Kier alpha value is -3.91. The molecule has 2 aromatic carbocycles. The first-order chi connectivity index (χ1) is 16.4. The first-order valence-corrected chi connectivity index (χ1v) is 11.6. The third kappa shape index (κ3) is 3.97. The number of amides is 1. The van der Waals surface area contributed by atoms with Crippen LogP contribution in [0.3, 0.4) is 0 Å². The van der Waals surface area contributed by atoms with E-state index >= 15 is 0 Å². The van der Waals surface area contributed by atoms with Crippen molar-refractivity contribution >= 4 is 39.8 Å². The summed E-state index contributed by atoms with van der Waals surface area (Å²) in [6, 6.07) is 19.8. The molecule has 8 heteroatoms. The summed E-state index contributed by atoms with van der Waals surface area (Å²) in [4.78, 5) is 17.1. The zero-order valence-corrected chi connectivity index (χ0v) is 19.9. The van der Waals surface area contributed by atoms with Crippen LogP contribution in [-0.4, -0.2) is 38.6 Å². The molecule has 34 heavy (non-hydrogen) atoms. The predicted octanol–water partition coefficient (Wildman–Crippen LogP) is 4.96. The summed E-state index contributed by atoms with van der Waals surface area (Å²) in [6.07, 6.45) is 2.36. The van der Waals surface area contributed by atoms with E-state index in [9.17, 15) is 4.79 Å². The third-order valence-corrected chi connectivity index (χ3v) is 6.68. The Labute approximate surface area is 202 Å². The van der Waals surface area contributed by atoms with E-state index < -0.39 is 5.91 Å². The summed E-state index contributed by atoms with van der Waals surface area (Å²) in [6.45, 7) is 4.00. The second-order valence-electron chi connectivity index (χ2n) is 8.04. The van der Waals surface area contributed by atoms with E-state index in [1.54, 1.807) is 13.2 Å². The van der Waals surface area contributed by atoms with Gasteiger partial charge in [0.15, 0.2) is 5.84 Å². The molecule has 0 aliphatic carbocycles. The number of amidine groups is 2. The molecular formula is C26H23N5O2S. The van der Waals surface area contributed by atoms with Crippen LogP contribution in [0.4, 0.5) is 0 Å². The minimum Gasteiger partial charge on any atom is -0.497 e. The fourth-order valence-corrected chi connectivity index (χ4v) is 5.03. The second kappa shape index (κ2) is 8.79. The predicted molar refractivity (Wildman–Crippen MR) is 137 cm³/mol. The van der Waals surface area contributed by atoms with Crippen LogP contribution in [0, 0.1) is 19.3 Å². The lowest BCUT2D eigenvalue weighted by atomic mass is 10.1. The number of nitrogens with zero attached hydrogens (tertiary/aromatic N) is 4. The molecule has 0 fully saturated rings. The molecule has 170 valence electrons.